The van der Waals surface area contributed by atoms with E-state index >= 15 is 0 Å². The summed E-state index contributed by atoms with van der Waals surface area (Å²) in [5, 5.41) is 0.734. The van der Waals surface area contributed by atoms with Gasteiger partial charge in [0.15, 0.2) is 0 Å². The lowest BCUT2D eigenvalue weighted by molar-refractivity contribution is -0.137. The molecule has 0 radical (unpaired) electrons. The van der Waals surface area contributed by atoms with Crippen LogP contribution in [-0.2, 0) is 6.18 Å². The number of hydrogen-bond acceptors (Lipinski definition) is 4. The maximum atomic E-state index is 13.8. The molecule has 2 N–H and O–H groups in total. The van der Waals surface area contributed by atoms with E-state index in [9.17, 15) is 13.2 Å². The summed E-state index contributed by atoms with van der Waals surface area (Å²) in [7, 11) is 0. The second kappa shape index (κ2) is 6.51. The van der Waals surface area contributed by atoms with Gasteiger partial charge in [-0.25, -0.2) is 0 Å². The van der Waals surface area contributed by atoms with Crippen LogP contribution < -0.4 is 5.73 Å². The van der Waals surface area contributed by atoms with Crippen LogP contribution in [0.4, 0.5) is 18.9 Å². The Balaban J connectivity index is 2.21. The molecule has 0 aromatic heterocycles. The largest absolute Gasteiger partial charge is 0.417 e. The standard InChI is InChI=1S/C20H12F3NS3/c21-20(22,23)16-7-10(24)1-4-13(16)19-14-5-2-11(25)8-17(14)27-18-9-12(26)3-6-15(18)19/h1-9,25H,24H2. The highest BCUT2D eigenvalue weighted by Gasteiger charge is 2.35. The van der Waals surface area contributed by atoms with Crippen LogP contribution in [0, 0.1) is 4.51 Å². The van der Waals surface area contributed by atoms with Gasteiger partial charge in [0.05, 0.1) is 5.56 Å². The van der Waals surface area contributed by atoms with Crippen molar-refractivity contribution >= 4 is 52.0 Å². The predicted octanol–water partition coefficient (Wildman–Crippen LogP) is 7.29. The average molecular weight is 420 g/mol. The monoisotopic (exact) mass is 419 g/mol. The number of halogens is 3. The molecule has 0 bridgehead atoms. The van der Waals surface area contributed by atoms with Gasteiger partial charge in [-0.1, -0.05) is 30.4 Å². The molecule has 27 heavy (non-hydrogen) atoms. The minimum atomic E-state index is -4.52. The zero-order valence-corrected chi connectivity index (χ0v) is 16.2. The van der Waals surface area contributed by atoms with Crippen molar-refractivity contribution in [3.05, 3.63) is 64.7 Å². The van der Waals surface area contributed by atoms with Crippen molar-refractivity contribution in [2.45, 2.75) is 11.1 Å². The van der Waals surface area contributed by atoms with Gasteiger partial charge >= 0.3 is 6.18 Å². The van der Waals surface area contributed by atoms with Crippen LogP contribution in [0.15, 0.2) is 59.5 Å². The zero-order chi connectivity index (χ0) is 19.3. The number of nitrogen functional groups attached to an aromatic ring is 1. The van der Waals surface area contributed by atoms with Crippen molar-refractivity contribution in [1.82, 2.24) is 0 Å². The number of benzene rings is 3. The lowest BCUT2D eigenvalue weighted by Gasteiger charge is -2.20. The molecule has 1 nitrogen and oxygen atoms in total. The van der Waals surface area contributed by atoms with Crippen molar-refractivity contribution in [1.29, 1.82) is 0 Å². The number of rotatable bonds is 1. The van der Waals surface area contributed by atoms with E-state index in [0.717, 1.165) is 31.5 Å². The fourth-order valence-corrected chi connectivity index (χ4v) is 4.88. The van der Waals surface area contributed by atoms with Crippen LogP contribution in [-0.4, -0.2) is 0 Å². The molecule has 1 aliphatic heterocycles. The third kappa shape index (κ3) is 3.31. The van der Waals surface area contributed by atoms with Gasteiger partial charge < -0.3 is 5.73 Å². The summed E-state index contributed by atoms with van der Waals surface area (Å²) in [5.74, 6) is 0. The molecule has 0 saturated heterocycles. The van der Waals surface area contributed by atoms with Gasteiger partial charge in [0.25, 0.3) is 0 Å². The van der Waals surface area contributed by atoms with E-state index in [4.69, 9.17) is 18.0 Å². The Labute approximate surface area is 168 Å². The van der Waals surface area contributed by atoms with Gasteiger partial charge in [0.1, 0.15) is 0 Å². The molecule has 136 valence electrons. The topological polar surface area (TPSA) is 26.0 Å². The van der Waals surface area contributed by atoms with Gasteiger partial charge in [-0.05, 0) is 47.5 Å². The molecule has 4 rings (SSSR count). The summed E-state index contributed by atoms with van der Waals surface area (Å²) in [6.45, 7) is 0. The molecular formula is C20H12F3NS3. The lowest BCUT2D eigenvalue weighted by atomic mass is 9.91. The quantitative estimate of drug-likeness (QED) is 0.147. The molecule has 2 aromatic carbocycles. The van der Waals surface area contributed by atoms with E-state index in [1.807, 2.05) is 12.1 Å². The Morgan fingerprint density at radius 3 is 2.41 bits per heavy atom. The van der Waals surface area contributed by atoms with Crippen LogP contribution in [0.1, 0.15) is 5.56 Å². The van der Waals surface area contributed by atoms with Crippen molar-refractivity contribution in [3.63, 3.8) is 0 Å². The van der Waals surface area contributed by atoms with Gasteiger partial charge in [-0.15, -0.1) is 24.0 Å². The molecule has 0 fully saturated rings. The lowest BCUT2D eigenvalue weighted by Crippen LogP contribution is -2.08. The maximum absolute atomic E-state index is 13.8. The second-order valence-corrected chi connectivity index (χ2v) is 8.19. The third-order valence-electron chi connectivity index (χ3n) is 4.30. The van der Waals surface area contributed by atoms with E-state index in [1.54, 1.807) is 24.3 Å². The number of thiol groups is 1. The van der Waals surface area contributed by atoms with Crippen LogP contribution in [0.5, 0.6) is 0 Å². The molecule has 2 aromatic rings. The Bertz CT molecular complexity index is 1210. The van der Waals surface area contributed by atoms with Crippen molar-refractivity contribution in [3.8, 4) is 21.6 Å². The molecular weight excluding hydrogens is 407 g/mol. The molecule has 1 aliphatic carbocycles. The van der Waals surface area contributed by atoms with Crippen LogP contribution >= 0.6 is 36.2 Å². The number of hydrogen-bond donors (Lipinski definition) is 2. The molecule has 0 amide bonds. The Hall–Kier alpha value is -2.09. The summed E-state index contributed by atoms with van der Waals surface area (Å²) in [4.78, 5) is 1.57. The maximum Gasteiger partial charge on any atom is 0.417 e. The van der Waals surface area contributed by atoms with Gasteiger partial charge in [0.2, 0.25) is 0 Å². The number of nitrogens with two attached hydrogens (primary N) is 1. The first-order valence-corrected chi connectivity index (χ1v) is 9.58. The van der Waals surface area contributed by atoms with E-state index < -0.39 is 11.7 Å². The summed E-state index contributed by atoms with van der Waals surface area (Å²) >= 11 is 11.1. The minimum absolute atomic E-state index is 0.0731. The van der Waals surface area contributed by atoms with Crippen LogP contribution in [0.25, 0.3) is 31.7 Å². The molecule has 0 saturated carbocycles. The molecule has 7 heteroatoms. The number of fused-ring (bicyclic) bond motifs is 2. The zero-order valence-electron chi connectivity index (χ0n) is 13.7. The van der Waals surface area contributed by atoms with E-state index in [2.05, 4.69) is 12.6 Å². The second-order valence-electron chi connectivity index (χ2n) is 6.12. The Kier molecular flexibility index (Phi) is 4.41. The van der Waals surface area contributed by atoms with Crippen molar-refractivity contribution < 1.29 is 13.2 Å². The fourth-order valence-electron chi connectivity index (χ4n) is 3.16. The normalized spacial score (nSPS) is 12.0. The number of alkyl halides is 3. The van der Waals surface area contributed by atoms with E-state index in [-0.39, 0.29) is 11.3 Å². The minimum Gasteiger partial charge on any atom is -0.399 e. The molecule has 1 heterocycles. The first-order chi connectivity index (χ1) is 12.7. The van der Waals surface area contributed by atoms with Gasteiger partial charge in [0, 0.05) is 35.6 Å². The third-order valence-corrected chi connectivity index (χ3v) is 5.94. The van der Waals surface area contributed by atoms with Crippen molar-refractivity contribution in [2.24, 2.45) is 0 Å². The Morgan fingerprint density at radius 2 is 1.67 bits per heavy atom. The van der Waals surface area contributed by atoms with Crippen LogP contribution in [0.3, 0.4) is 0 Å². The summed E-state index contributed by atoms with van der Waals surface area (Å²) in [6, 6.07) is 14.7. The number of anilines is 1. The van der Waals surface area contributed by atoms with Crippen LogP contribution in [0.2, 0.25) is 0 Å². The molecule has 0 atom stereocenters. The highest BCUT2D eigenvalue weighted by molar-refractivity contribution is 7.80. The van der Waals surface area contributed by atoms with E-state index in [0.29, 0.717) is 10.1 Å². The predicted molar refractivity (Wildman–Crippen MR) is 111 cm³/mol. The summed E-state index contributed by atoms with van der Waals surface area (Å²) < 4.78 is 42.8. The first kappa shape index (κ1) is 18.3. The highest BCUT2D eigenvalue weighted by Crippen LogP contribution is 2.47. The average Bonchev–Trinajstić information content (AvgIpc) is 2.59. The van der Waals surface area contributed by atoms with Crippen molar-refractivity contribution in [2.75, 3.05) is 5.73 Å². The Morgan fingerprint density at radius 1 is 0.926 bits per heavy atom. The first-order valence-electron chi connectivity index (χ1n) is 7.91. The summed E-state index contributed by atoms with van der Waals surface area (Å²) in [6.07, 6.45) is -4.52. The molecule has 2 aliphatic rings. The molecule has 0 spiro atoms. The van der Waals surface area contributed by atoms with Gasteiger partial charge in [-0.2, -0.15) is 13.2 Å². The van der Waals surface area contributed by atoms with E-state index in [1.165, 1.54) is 23.5 Å². The molecule has 0 unspecified atom stereocenters. The smallest absolute Gasteiger partial charge is 0.399 e. The van der Waals surface area contributed by atoms with Gasteiger partial charge in [-0.3, -0.25) is 0 Å². The summed E-state index contributed by atoms with van der Waals surface area (Å²) in [5.41, 5.74) is 6.32. The highest BCUT2D eigenvalue weighted by atomic mass is 32.1. The SMILES string of the molecule is Nc1ccc(-c2c3ccc(=S)cc-3sc3cc(S)ccc23)c(C(F)(F)F)c1. The fraction of sp³-hybridized carbons (Fsp3) is 0.0500.